The molecule has 0 radical (unpaired) electrons. The molecule has 1 aromatic carbocycles. The van der Waals surface area contributed by atoms with Gasteiger partial charge in [0.25, 0.3) is 11.8 Å². The summed E-state index contributed by atoms with van der Waals surface area (Å²) in [6.45, 7) is 2.22. The number of rotatable bonds is 7. The Morgan fingerprint density at radius 1 is 0.909 bits per heavy atom. The van der Waals surface area contributed by atoms with Gasteiger partial charge in [-0.2, -0.15) is 0 Å². The van der Waals surface area contributed by atoms with E-state index in [4.69, 9.17) is 4.74 Å². The highest BCUT2D eigenvalue weighted by molar-refractivity contribution is 6.03. The zero-order chi connectivity index (χ0) is 23.0. The molecule has 0 aliphatic rings. The van der Waals surface area contributed by atoms with Crippen molar-refractivity contribution in [2.45, 2.75) is 13.5 Å². The third-order valence-electron chi connectivity index (χ3n) is 4.86. The Bertz CT molecular complexity index is 1260. The summed E-state index contributed by atoms with van der Waals surface area (Å²) in [5.41, 5.74) is 2.59. The molecule has 164 valence electrons. The van der Waals surface area contributed by atoms with Crippen LogP contribution in [0.25, 0.3) is 0 Å². The summed E-state index contributed by atoms with van der Waals surface area (Å²) in [4.78, 5) is 37.1. The average molecular weight is 439 g/mol. The fraction of sp³-hybridized carbons (Fsp3) is 0.0800. The van der Waals surface area contributed by atoms with E-state index in [0.717, 1.165) is 5.56 Å². The highest BCUT2D eigenvalue weighted by atomic mass is 16.5. The van der Waals surface area contributed by atoms with Gasteiger partial charge in [-0.3, -0.25) is 19.6 Å². The number of nitrogens with zero attached hydrogens (tertiary/aromatic N) is 3. The Morgan fingerprint density at radius 3 is 2.55 bits per heavy atom. The molecular formula is C25H21N5O3. The fourth-order valence-corrected chi connectivity index (χ4v) is 3.10. The summed E-state index contributed by atoms with van der Waals surface area (Å²) < 4.78 is 6.00. The SMILES string of the molecule is Cc1c(Oc2ccnc(NC(=O)c3cccnc3)c2)cccc1C(=O)NCc1ccncc1. The predicted molar refractivity (Wildman–Crippen MR) is 123 cm³/mol. The van der Waals surface area contributed by atoms with Crippen molar-refractivity contribution < 1.29 is 14.3 Å². The van der Waals surface area contributed by atoms with Crippen LogP contribution in [-0.2, 0) is 6.54 Å². The van der Waals surface area contributed by atoms with Crippen LogP contribution >= 0.6 is 0 Å². The molecule has 0 bridgehead atoms. The smallest absolute Gasteiger partial charge is 0.258 e. The normalized spacial score (nSPS) is 10.3. The van der Waals surface area contributed by atoms with E-state index < -0.39 is 0 Å². The van der Waals surface area contributed by atoms with Crippen molar-refractivity contribution in [1.82, 2.24) is 20.3 Å². The van der Waals surface area contributed by atoms with E-state index in [2.05, 4.69) is 25.6 Å². The van der Waals surface area contributed by atoms with Crippen LogP contribution in [0, 0.1) is 6.92 Å². The van der Waals surface area contributed by atoms with Gasteiger partial charge in [0.2, 0.25) is 0 Å². The molecule has 2 amide bonds. The Balaban J connectivity index is 1.45. The molecule has 0 fully saturated rings. The number of pyridine rings is 3. The number of ether oxygens (including phenoxy) is 1. The van der Waals surface area contributed by atoms with Crippen LogP contribution in [0.3, 0.4) is 0 Å². The number of amides is 2. The maximum Gasteiger partial charge on any atom is 0.258 e. The van der Waals surface area contributed by atoms with Crippen LogP contribution in [0.4, 0.5) is 5.82 Å². The van der Waals surface area contributed by atoms with Crippen molar-refractivity contribution in [1.29, 1.82) is 0 Å². The lowest BCUT2D eigenvalue weighted by atomic mass is 10.1. The van der Waals surface area contributed by atoms with Crippen LogP contribution in [0.5, 0.6) is 11.5 Å². The number of anilines is 1. The molecule has 0 aliphatic heterocycles. The first kappa shape index (κ1) is 21.6. The molecule has 0 aliphatic carbocycles. The topological polar surface area (TPSA) is 106 Å². The van der Waals surface area contributed by atoms with Crippen molar-refractivity contribution in [3.8, 4) is 11.5 Å². The summed E-state index contributed by atoms with van der Waals surface area (Å²) in [5, 5.41) is 5.63. The van der Waals surface area contributed by atoms with E-state index in [1.165, 1.54) is 12.4 Å². The van der Waals surface area contributed by atoms with E-state index in [1.54, 1.807) is 61.1 Å². The van der Waals surface area contributed by atoms with E-state index in [9.17, 15) is 9.59 Å². The average Bonchev–Trinajstić information content (AvgIpc) is 2.85. The first-order valence-corrected chi connectivity index (χ1v) is 10.2. The van der Waals surface area contributed by atoms with Crippen LogP contribution in [-0.4, -0.2) is 26.8 Å². The minimum absolute atomic E-state index is 0.200. The van der Waals surface area contributed by atoms with Gasteiger partial charge >= 0.3 is 0 Å². The Labute approximate surface area is 190 Å². The second-order valence-electron chi connectivity index (χ2n) is 7.14. The fourth-order valence-electron chi connectivity index (χ4n) is 3.10. The zero-order valence-corrected chi connectivity index (χ0v) is 17.9. The van der Waals surface area contributed by atoms with Gasteiger partial charge in [0.15, 0.2) is 0 Å². The van der Waals surface area contributed by atoms with Crippen molar-refractivity contribution in [3.63, 3.8) is 0 Å². The minimum atomic E-state index is -0.322. The second-order valence-corrected chi connectivity index (χ2v) is 7.14. The predicted octanol–water partition coefficient (Wildman–Crippen LogP) is 4.15. The Morgan fingerprint density at radius 2 is 1.76 bits per heavy atom. The molecule has 33 heavy (non-hydrogen) atoms. The van der Waals surface area contributed by atoms with Crippen molar-refractivity contribution in [2.24, 2.45) is 0 Å². The van der Waals surface area contributed by atoms with Gasteiger partial charge in [-0.05, 0) is 55.0 Å². The molecule has 2 N–H and O–H groups in total. The highest BCUT2D eigenvalue weighted by Crippen LogP contribution is 2.28. The third kappa shape index (κ3) is 5.56. The quantitative estimate of drug-likeness (QED) is 0.448. The van der Waals surface area contributed by atoms with Gasteiger partial charge in [-0.25, -0.2) is 4.98 Å². The maximum absolute atomic E-state index is 12.7. The van der Waals surface area contributed by atoms with Gasteiger partial charge in [0.1, 0.15) is 17.3 Å². The first-order chi connectivity index (χ1) is 16.1. The monoisotopic (exact) mass is 439 g/mol. The number of benzene rings is 1. The molecule has 8 heteroatoms. The molecule has 0 saturated carbocycles. The van der Waals surface area contributed by atoms with Crippen LogP contribution < -0.4 is 15.4 Å². The summed E-state index contributed by atoms with van der Waals surface area (Å²) in [6, 6.07) is 15.6. The molecule has 8 nitrogen and oxygen atoms in total. The Hall–Kier alpha value is -4.59. The van der Waals surface area contributed by atoms with E-state index in [0.29, 0.717) is 40.6 Å². The van der Waals surface area contributed by atoms with Crippen molar-refractivity contribution >= 4 is 17.6 Å². The van der Waals surface area contributed by atoms with Gasteiger partial charge in [-0.15, -0.1) is 0 Å². The largest absolute Gasteiger partial charge is 0.457 e. The molecule has 0 atom stereocenters. The first-order valence-electron chi connectivity index (χ1n) is 10.2. The molecule has 0 saturated heterocycles. The summed E-state index contributed by atoms with van der Waals surface area (Å²) in [6.07, 6.45) is 7.98. The van der Waals surface area contributed by atoms with Crippen molar-refractivity contribution in [3.05, 3.63) is 108 Å². The van der Waals surface area contributed by atoms with Crippen LogP contribution in [0.2, 0.25) is 0 Å². The number of aromatic nitrogens is 3. The summed E-state index contributed by atoms with van der Waals surface area (Å²) in [5.74, 6) is 0.821. The van der Waals surface area contributed by atoms with E-state index >= 15 is 0 Å². The second kappa shape index (κ2) is 10.1. The third-order valence-corrected chi connectivity index (χ3v) is 4.86. The lowest BCUT2D eigenvalue weighted by molar-refractivity contribution is 0.0949. The zero-order valence-electron chi connectivity index (χ0n) is 17.9. The Kier molecular flexibility index (Phi) is 6.65. The maximum atomic E-state index is 12.7. The van der Waals surface area contributed by atoms with Crippen LogP contribution in [0.15, 0.2) is 85.6 Å². The number of hydrogen-bond acceptors (Lipinski definition) is 6. The lowest BCUT2D eigenvalue weighted by Gasteiger charge is -2.13. The van der Waals surface area contributed by atoms with Gasteiger partial charge in [0, 0.05) is 54.7 Å². The van der Waals surface area contributed by atoms with Crippen LogP contribution in [0.1, 0.15) is 31.8 Å². The molecule has 0 spiro atoms. The molecule has 3 aromatic heterocycles. The highest BCUT2D eigenvalue weighted by Gasteiger charge is 2.14. The minimum Gasteiger partial charge on any atom is -0.457 e. The number of nitrogens with one attached hydrogen (secondary N) is 2. The molecule has 4 aromatic rings. The van der Waals surface area contributed by atoms with Gasteiger partial charge in [-0.1, -0.05) is 6.07 Å². The molecule has 4 rings (SSSR count). The molecule has 3 heterocycles. The van der Waals surface area contributed by atoms with Crippen molar-refractivity contribution in [2.75, 3.05) is 5.32 Å². The van der Waals surface area contributed by atoms with Gasteiger partial charge in [0.05, 0.1) is 5.56 Å². The summed E-state index contributed by atoms with van der Waals surface area (Å²) in [7, 11) is 0. The number of carbonyl (C=O) groups excluding carboxylic acids is 2. The molecular weight excluding hydrogens is 418 g/mol. The standard InChI is InChI=1S/C25H21N5O3/c1-17-21(25(32)29-15-18-7-11-26-12-8-18)5-2-6-22(17)33-20-9-13-28-23(14-20)30-24(31)19-4-3-10-27-16-19/h2-14,16H,15H2,1H3,(H,29,32)(H,28,30,31). The number of hydrogen-bond donors (Lipinski definition) is 2. The lowest BCUT2D eigenvalue weighted by Crippen LogP contribution is -2.23. The molecule has 0 unspecified atom stereocenters. The van der Waals surface area contributed by atoms with E-state index in [1.807, 2.05) is 19.1 Å². The van der Waals surface area contributed by atoms with Gasteiger partial charge < -0.3 is 15.4 Å². The summed E-state index contributed by atoms with van der Waals surface area (Å²) >= 11 is 0. The van der Waals surface area contributed by atoms with E-state index in [-0.39, 0.29) is 11.8 Å². The number of carbonyl (C=O) groups is 2.